The normalized spacial score (nSPS) is 11.7. The molecule has 0 unspecified atom stereocenters. The first kappa shape index (κ1) is 14.5. The van der Waals surface area contributed by atoms with Crippen LogP contribution in [0.2, 0.25) is 0 Å². The lowest BCUT2D eigenvalue weighted by atomic mass is 10.4. The Morgan fingerprint density at radius 1 is 1.45 bits per heavy atom. The van der Waals surface area contributed by atoms with E-state index in [-0.39, 0.29) is 11.5 Å². The van der Waals surface area contributed by atoms with E-state index in [2.05, 4.69) is 36.7 Å². The second-order valence-corrected chi connectivity index (χ2v) is 4.66. The monoisotopic (exact) mass is 352 g/mol. The Morgan fingerprint density at radius 3 is 2.80 bits per heavy atom. The summed E-state index contributed by atoms with van der Waals surface area (Å²) in [5.41, 5.74) is -0.327. The lowest BCUT2D eigenvalue weighted by Crippen LogP contribution is -2.22. The van der Waals surface area contributed by atoms with Crippen molar-refractivity contribution in [2.75, 3.05) is 5.32 Å². The lowest BCUT2D eigenvalue weighted by Gasteiger charge is -2.05. The van der Waals surface area contributed by atoms with E-state index in [1.54, 1.807) is 0 Å². The summed E-state index contributed by atoms with van der Waals surface area (Å²) < 4.78 is 38.6. The standard InChI is InChI=1S/C9H8BrF3N6O/c1-18-8(20)5(2-6(10)16-18)14-7-3-19(17-15-7)4-9(11,12)13/h2-3,14H,4H2,1H3. The van der Waals surface area contributed by atoms with Gasteiger partial charge in [0, 0.05) is 13.1 Å². The topological polar surface area (TPSA) is 77.6 Å². The van der Waals surface area contributed by atoms with Crippen LogP contribution in [0.3, 0.4) is 0 Å². The van der Waals surface area contributed by atoms with Gasteiger partial charge in [0.2, 0.25) is 0 Å². The molecule has 2 heterocycles. The molecule has 0 radical (unpaired) electrons. The molecule has 11 heteroatoms. The molecule has 2 aromatic heterocycles. The summed E-state index contributed by atoms with van der Waals surface area (Å²) in [7, 11) is 1.44. The Bertz CT molecular complexity index is 679. The van der Waals surface area contributed by atoms with E-state index < -0.39 is 18.3 Å². The van der Waals surface area contributed by atoms with Crippen molar-refractivity contribution in [1.82, 2.24) is 24.8 Å². The summed E-state index contributed by atoms with van der Waals surface area (Å²) >= 11 is 3.10. The maximum atomic E-state index is 12.2. The zero-order valence-electron chi connectivity index (χ0n) is 10.0. The van der Waals surface area contributed by atoms with Gasteiger partial charge in [-0.3, -0.25) is 4.79 Å². The lowest BCUT2D eigenvalue weighted by molar-refractivity contribution is -0.142. The molecule has 2 rings (SSSR count). The molecule has 0 fully saturated rings. The van der Waals surface area contributed by atoms with E-state index in [1.165, 1.54) is 13.1 Å². The van der Waals surface area contributed by atoms with Gasteiger partial charge < -0.3 is 5.32 Å². The highest BCUT2D eigenvalue weighted by atomic mass is 79.9. The zero-order chi connectivity index (χ0) is 14.9. The summed E-state index contributed by atoms with van der Waals surface area (Å²) in [6.45, 7) is -1.25. The Kier molecular flexibility index (Phi) is 3.79. The molecule has 108 valence electrons. The highest BCUT2D eigenvalue weighted by Gasteiger charge is 2.28. The van der Waals surface area contributed by atoms with E-state index >= 15 is 0 Å². The Hall–Kier alpha value is -1.91. The predicted molar refractivity (Wildman–Crippen MR) is 66.5 cm³/mol. The summed E-state index contributed by atoms with van der Waals surface area (Å²) in [6.07, 6.45) is -3.33. The number of anilines is 2. The van der Waals surface area contributed by atoms with Crippen LogP contribution in [0.5, 0.6) is 0 Å². The van der Waals surface area contributed by atoms with Crippen molar-refractivity contribution >= 4 is 27.4 Å². The van der Waals surface area contributed by atoms with Gasteiger partial charge in [-0.05, 0) is 15.9 Å². The maximum absolute atomic E-state index is 12.2. The van der Waals surface area contributed by atoms with E-state index in [0.29, 0.717) is 9.28 Å². The number of hydrogen-bond acceptors (Lipinski definition) is 5. The van der Waals surface area contributed by atoms with Gasteiger partial charge in [0.15, 0.2) is 5.82 Å². The average molecular weight is 353 g/mol. The smallest absolute Gasteiger partial charge is 0.333 e. The van der Waals surface area contributed by atoms with Crippen LogP contribution in [0.25, 0.3) is 0 Å². The van der Waals surface area contributed by atoms with E-state index in [1.807, 2.05) is 0 Å². The van der Waals surface area contributed by atoms with Gasteiger partial charge in [-0.2, -0.15) is 18.3 Å². The van der Waals surface area contributed by atoms with E-state index in [0.717, 1.165) is 10.9 Å². The molecule has 0 saturated carbocycles. The third-order valence-electron chi connectivity index (χ3n) is 2.18. The van der Waals surface area contributed by atoms with Crippen LogP contribution >= 0.6 is 15.9 Å². The summed E-state index contributed by atoms with van der Waals surface area (Å²) in [6, 6.07) is 1.39. The molecule has 0 aliphatic heterocycles. The van der Waals surface area contributed by atoms with Gasteiger partial charge in [-0.15, -0.1) is 5.10 Å². The fourth-order valence-electron chi connectivity index (χ4n) is 1.42. The molecule has 2 aromatic rings. The number of halogens is 4. The van der Waals surface area contributed by atoms with Gasteiger partial charge in [0.1, 0.15) is 16.8 Å². The van der Waals surface area contributed by atoms with Crippen LogP contribution in [0.1, 0.15) is 0 Å². The van der Waals surface area contributed by atoms with Gasteiger partial charge in [-0.25, -0.2) is 9.36 Å². The predicted octanol–water partition coefficient (Wildman–Crippen LogP) is 1.44. The third kappa shape index (κ3) is 3.56. The maximum Gasteiger partial charge on any atom is 0.408 e. The van der Waals surface area contributed by atoms with Gasteiger partial charge in [0.25, 0.3) is 5.56 Å². The molecule has 0 saturated heterocycles. The van der Waals surface area contributed by atoms with Crippen LogP contribution in [0.15, 0.2) is 21.7 Å². The number of rotatable bonds is 3. The van der Waals surface area contributed by atoms with Gasteiger partial charge in [0.05, 0.1) is 6.20 Å². The summed E-state index contributed by atoms with van der Waals surface area (Å²) in [4.78, 5) is 11.7. The van der Waals surface area contributed by atoms with Crippen LogP contribution in [0.4, 0.5) is 24.7 Å². The number of aromatic nitrogens is 5. The van der Waals surface area contributed by atoms with Crippen molar-refractivity contribution in [1.29, 1.82) is 0 Å². The minimum absolute atomic E-state index is 0.0319. The quantitative estimate of drug-likeness (QED) is 0.904. The molecular weight excluding hydrogens is 345 g/mol. The minimum atomic E-state index is -4.39. The molecular formula is C9H8BrF3N6O. The van der Waals surface area contributed by atoms with Gasteiger partial charge in [-0.1, -0.05) is 5.21 Å². The van der Waals surface area contributed by atoms with Crippen LogP contribution in [0, 0.1) is 0 Å². The average Bonchev–Trinajstić information content (AvgIpc) is 2.70. The molecule has 0 atom stereocenters. The molecule has 0 spiro atoms. The highest BCUT2D eigenvalue weighted by molar-refractivity contribution is 9.10. The summed E-state index contributed by atoms with van der Waals surface area (Å²) in [5, 5.41) is 13.2. The number of nitrogens with zero attached hydrogens (tertiary/aromatic N) is 5. The van der Waals surface area contributed by atoms with Crippen molar-refractivity contribution < 1.29 is 13.2 Å². The number of alkyl halides is 3. The molecule has 0 amide bonds. The first-order chi connectivity index (χ1) is 9.24. The largest absolute Gasteiger partial charge is 0.408 e. The molecule has 0 aliphatic rings. The van der Waals surface area contributed by atoms with Crippen molar-refractivity contribution in [3.05, 3.63) is 27.2 Å². The second kappa shape index (κ2) is 5.23. The second-order valence-electron chi connectivity index (χ2n) is 3.85. The minimum Gasteiger partial charge on any atom is -0.333 e. The van der Waals surface area contributed by atoms with Crippen LogP contribution in [-0.4, -0.2) is 31.0 Å². The fourth-order valence-corrected chi connectivity index (χ4v) is 1.88. The molecule has 0 bridgehead atoms. The first-order valence-corrected chi connectivity index (χ1v) is 6.02. The Balaban J connectivity index is 2.21. The molecule has 20 heavy (non-hydrogen) atoms. The van der Waals surface area contributed by atoms with Crippen molar-refractivity contribution in [2.45, 2.75) is 12.7 Å². The van der Waals surface area contributed by atoms with Crippen molar-refractivity contribution in [2.24, 2.45) is 7.05 Å². The van der Waals surface area contributed by atoms with Crippen LogP contribution < -0.4 is 10.9 Å². The number of aryl methyl sites for hydroxylation is 1. The summed E-state index contributed by atoms with van der Waals surface area (Å²) in [5.74, 6) is 0.0319. The fraction of sp³-hybridized carbons (Fsp3) is 0.333. The highest BCUT2D eigenvalue weighted by Crippen LogP contribution is 2.18. The molecule has 0 aliphatic carbocycles. The first-order valence-electron chi connectivity index (χ1n) is 5.22. The molecule has 0 aromatic carbocycles. The van der Waals surface area contributed by atoms with Crippen molar-refractivity contribution in [3.8, 4) is 0 Å². The van der Waals surface area contributed by atoms with E-state index in [9.17, 15) is 18.0 Å². The third-order valence-corrected chi connectivity index (χ3v) is 2.56. The number of nitrogens with one attached hydrogen (secondary N) is 1. The molecule has 7 nitrogen and oxygen atoms in total. The zero-order valence-corrected chi connectivity index (χ0v) is 11.6. The van der Waals surface area contributed by atoms with Gasteiger partial charge >= 0.3 is 6.18 Å². The Labute approximate surface area is 118 Å². The number of hydrogen-bond donors (Lipinski definition) is 1. The molecule has 1 N–H and O–H groups in total. The van der Waals surface area contributed by atoms with Crippen molar-refractivity contribution in [3.63, 3.8) is 0 Å². The van der Waals surface area contributed by atoms with Crippen LogP contribution in [-0.2, 0) is 13.6 Å². The SMILES string of the molecule is Cn1nc(Br)cc(Nc2cn(CC(F)(F)F)nn2)c1=O. The van der Waals surface area contributed by atoms with E-state index in [4.69, 9.17) is 0 Å². The Morgan fingerprint density at radius 2 is 2.15 bits per heavy atom.